The summed E-state index contributed by atoms with van der Waals surface area (Å²) in [6, 6.07) is 13.9. The molecule has 0 radical (unpaired) electrons. The van der Waals surface area contributed by atoms with E-state index in [1.807, 2.05) is 18.2 Å². The van der Waals surface area contributed by atoms with E-state index in [1.54, 1.807) is 12.3 Å². The standard InChI is InChI=1S/C18H19ClN4O/c19-16-4-2-15(3-5-16)17(23-7-9-24-10-8-23)13-22-18-6-1-14(11-20)12-21-18/h1-6,12,17H,7-10,13H2,(H,21,22). The predicted octanol–water partition coefficient (Wildman–Crippen LogP) is 3.09. The van der Waals surface area contributed by atoms with Crippen LogP contribution in [0.25, 0.3) is 0 Å². The lowest BCUT2D eigenvalue weighted by atomic mass is 10.0. The Labute approximate surface area is 146 Å². The van der Waals surface area contributed by atoms with Crippen LogP contribution in [0.2, 0.25) is 5.02 Å². The van der Waals surface area contributed by atoms with Gasteiger partial charge in [0.2, 0.25) is 0 Å². The van der Waals surface area contributed by atoms with Gasteiger partial charge in [0.05, 0.1) is 24.8 Å². The Kier molecular flexibility index (Phi) is 5.65. The van der Waals surface area contributed by atoms with Crippen LogP contribution >= 0.6 is 11.6 Å². The Balaban J connectivity index is 1.73. The Bertz CT molecular complexity index is 690. The summed E-state index contributed by atoms with van der Waals surface area (Å²) < 4.78 is 5.47. The van der Waals surface area contributed by atoms with Crippen LogP contribution in [0.3, 0.4) is 0 Å². The molecule has 0 bridgehead atoms. The molecule has 24 heavy (non-hydrogen) atoms. The van der Waals surface area contributed by atoms with E-state index >= 15 is 0 Å². The number of hydrogen-bond acceptors (Lipinski definition) is 5. The molecule has 1 atom stereocenters. The Morgan fingerprint density at radius 1 is 1.21 bits per heavy atom. The van der Waals surface area contributed by atoms with E-state index < -0.39 is 0 Å². The van der Waals surface area contributed by atoms with E-state index in [0.717, 1.165) is 43.7 Å². The Morgan fingerprint density at radius 3 is 2.58 bits per heavy atom. The van der Waals surface area contributed by atoms with Gasteiger partial charge in [-0.15, -0.1) is 0 Å². The number of aromatic nitrogens is 1. The maximum absolute atomic E-state index is 8.85. The predicted molar refractivity (Wildman–Crippen MR) is 94.0 cm³/mol. The van der Waals surface area contributed by atoms with Gasteiger partial charge in [0, 0.05) is 30.9 Å². The van der Waals surface area contributed by atoms with Crippen molar-refractivity contribution in [1.82, 2.24) is 9.88 Å². The lowest BCUT2D eigenvalue weighted by molar-refractivity contribution is 0.0187. The molecule has 1 fully saturated rings. The van der Waals surface area contributed by atoms with Crippen LogP contribution in [0.5, 0.6) is 0 Å². The van der Waals surface area contributed by atoms with Crippen LogP contribution in [0.1, 0.15) is 17.2 Å². The van der Waals surface area contributed by atoms with Crippen LogP contribution in [-0.2, 0) is 4.74 Å². The zero-order valence-electron chi connectivity index (χ0n) is 13.3. The number of rotatable bonds is 5. The van der Waals surface area contributed by atoms with Gasteiger partial charge in [0.15, 0.2) is 0 Å². The Hall–Kier alpha value is -2.13. The number of ether oxygens (including phenoxy) is 1. The highest BCUT2D eigenvalue weighted by atomic mass is 35.5. The molecule has 2 heterocycles. The number of halogens is 1. The fraction of sp³-hybridized carbons (Fsp3) is 0.333. The van der Waals surface area contributed by atoms with E-state index in [9.17, 15) is 0 Å². The third-order valence-electron chi connectivity index (χ3n) is 4.11. The summed E-state index contributed by atoms with van der Waals surface area (Å²) in [6.07, 6.45) is 1.58. The summed E-state index contributed by atoms with van der Waals surface area (Å²) in [6.45, 7) is 4.02. The maximum atomic E-state index is 8.85. The van der Waals surface area contributed by atoms with E-state index in [4.69, 9.17) is 21.6 Å². The minimum atomic E-state index is 0.212. The molecule has 0 saturated carbocycles. The van der Waals surface area contributed by atoms with Crippen LogP contribution in [-0.4, -0.2) is 42.7 Å². The molecule has 124 valence electrons. The van der Waals surface area contributed by atoms with Gasteiger partial charge in [-0.1, -0.05) is 23.7 Å². The lowest BCUT2D eigenvalue weighted by Gasteiger charge is -2.35. The number of anilines is 1. The average molecular weight is 343 g/mol. The van der Waals surface area contributed by atoms with E-state index in [1.165, 1.54) is 5.56 Å². The lowest BCUT2D eigenvalue weighted by Crippen LogP contribution is -2.41. The number of nitrogens with one attached hydrogen (secondary N) is 1. The fourth-order valence-corrected chi connectivity index (χ4v) is 2.92. The molecule has 0 spiro atoms. The van der Waals surface area contributed by atoms with Gasteiger partial charge in [0.1, 0.15) is 11.9 Å². The molecule has 1 aliphatic rings. The molecule has 1 unspecified atom stereocenters. The van der Waals surface area contributed by atoms with Crippen molar-refractivity contribution >= 4 is 17.4 Å². The third-order valence-corrected chi connectivity index (χ3v) is 4.36. The summed E-state index contributed by atoms with van der Waals surface area (Å²) in [5.74, 6) is 0.765. The van der Waals surface area contributed by atoms with Gasteiger partial charge in [-0.25, -0.2) is 4.98 Å². The van der Waals surface area contributed by atoms with Gasteiger partial charge in [-0.3, -0.25) is 4.90 Å². The summed E-state index contributed by atoms with van der Waals surface area (Å²) in [4.78, 5) is 6.68. The summed E-state index contributed by atoms with van der Waals surface area (Å²) in [5, 5.41) is 13.0. The number of nitriles is 1. The first kappa shape index (κ1) is 16.7. The molecule has 3 rings (SSSR count). The highest BCUT2D eigenvalue weighted by Gasteiger charge is 2.22. The fourth-order valence-electron chi connectivity index (χ4n) is 2.80. The molecule has 1 N–H and O–H groups in total. The maximum Gasteiger partial charge on any atom is 0.126 e. The first-order valence-electron chi connectivity index (χ1n) is 7.93. The highest BCUT2D eigenvalue weighted by Crippen LogP contribution is 2.24. The molecule has 1 saturated heterocycles. The van der Waals surface area contributed by atoms with Crippen molar-refractivity contribution in [2.75, 3.05) is 38.2 Å². The molecule has 2 aromatic rings. The van der Waals surface area contributed by atoms with E-state index in [0.29, 0.717) is 5.56 Å². The minimum absolute atomic E-state index is 0.212. The highest BCUT2D eigenvalue weighted by molar-refractivity contribution is 6.30. The van der Waals surface area contributed by atoms with Gasteiger partial charge in [-0.05, 0) is 29.8 Å². The molecular formula is C18H19ClN4O. The zero-order chi connectivity index (χ0) is 16.8. The van der Waals surface area contributed by atoms with Crippen molar-refractivity contribution in [1.29, 1.82) is 5.26 Å². The normalized spacial score (nSPS) is 16.3. The molecule has 1 aliphatic heterocycles. The first-order valence-corrected chi connectivity index (χ1v) is 8.31. The number of pyridine rings is 1. The molecule has 6 heteroatoms. The van der Waals surface area contributed by atoms with Crippen LogP contribution in [0.4, 0.5) is 5.82 Å². The second kappa shape index (κ2) is 8.11. The van der Waals surface area contributed by atoms with Crippen molar-refractivity contribution in [2.45, 2.75) is 6.04 Å². The van der Waals surface area contributed by atoms with Crippen molar-refractivity contribution in [2.24, 2.45) is 0 Å². The largest absolute Gasteiger partial charge is 0.379 e. The molecule has 0 aliphatic carbocycles. The quantitative estimate of drug-likeness (QED) is 0.904. The molecule has 5 nitrogen and oxygen atoms in total. The van der Waals surface area contributed by atoms with Crippen molar-refractivity contribution in [3.05, 3.63) is 58.7 Å². The smallest absolute Gasteiger partial charge is 0.126 e. The summed E-state index contributed by atoms with van der Waals surface area (Å²) in [5.41, 5.74) is 1.77. The molecule has 0 amide bonds. The molecular weight excluding hydrogens is 324 g/mol. The second-order valence-corrected chi connectivity index (χ2v) is 6.08. The topological polar surface area (TPSA) is 61.2 Å². The van der Waals surface area contributed by atoms with Crippen molar-refractivity contribution in [3.8, 4) is 6.07 Å². The minimum Gasteiger partial charge on any atom is -0.379 e. The van der Waals surface area contributed by atoms with Crippen LogP contribution in [0.15, 0.2) is 42.6 Å². The van der Waals surface area contributed by atoms with Gasteiger partial charge in [0.25, 0.3) is 0 Å². The van der Waals surface area contributed by atoms with Crippen LogP contribution < -0.4 is 5.32 Å². The van der Waals surface area contributed by atoms with Gasteiger partial charge < -0.3 is 10.1 Å². The number of hydrogen-bond donors (Lipinski definition) is 1. The number of benzene rings is 1. The monoisotopic (exact) mass is 342 g/mol. The van der Waals surface area contributed by atoms with Crippen molar-refractivity contribution in [3.63, 3.8) is 0 Å². The first-order chi connectivity index (χ1) is 11.8. The third kappa shape index (κ3) is 4.24. The van der Waals surface area contributed by atoms with E-state index in [2.05, 4.69) is 33.4 Å². The van der Waals surface area contributed by atoms with Gasteiger partial charge >= 0.3 is 0 Å². The molecule has 1 aromatic heterocycles. The number of nitrogens with zero attached hydrogens (tertiary/aromatic N) is 3. The molecule has 1 aromatic carbocycles. The summed E-state index contributed by atoms with van der Waals surface area (Å²) >= 11 is 6.02. The summed E-state index contributed by atoms with van der Waals surface area (Å²) in [7, 11) is 0. The van der Waals surface area contributed by atoms with E-state index in [-0.39, 0.29) is 6.04 Å². The van der Waals surface area contributed by atoms with Crippen molar-refractivity contribution < 1.29 is 4.74 Å². The average Bonchev–Trinajstić information content (AvgIpc) is 2.65. The SMILES string of the molecule is N#Cc1ccc(NCC(c2ccc(Cl)cc2)N2CCOCC2)nc1. The number of morpholine rings is 1. The second-order valence-electron chi connectivity index (χ2n) is 5.64. The zero-order valence-corrected chi connectivity index (χ0v) is 14.0. The Morgan fingerprint density at radius 2 is 1.96 bits per heavy atom. The van der Waals surface area contributed by atoms with Crippen LogP contribution in [0, 0.1) is 11.3 Å². The van der Waals surface area contributed by atoms with Gasteiger partial charge in [-0.2, -0.15) is 5.26 Å².